The largest absolute Gasteiger partial charge is 0.361 e. The molecule has 0 atom stereocenters. The lowest BCUT2D eigenvalue weighted by Gasteiger charge is -2.05. The maximum atomic E-state index is 13.4. The van der Waals surface area contributed by atoms with E-state index in [0.717, 1.165) is 26.5 Å². The molecule has 0 unspecified atom stereocenters. The smallest absolute Gasteiger partial charge is 0.265 e. The standard InChI is InChI=1S/C28H19N5OS/c1-16-7-12-25-23(13-16)32-27(35-25)18-8-10-19(11-9-18)30-15-21-17(2)20(14-29)26-31-22-5-3-4-6-24(22)33(26)28(21)34/h3-13,15,30H,1-2H3. The Kier molecular flexibility index (Phi) is 4.83. The van der Waals surface area contributed by atoms with Crippen molar-refractivity contribution in [2.45, 2.75) is 13.8 Å². The molecular formula is C28H19N5OS. The summed E-state index contributed by atoms with van der Waals surface area (Å²) in [7, 11) is 0. The van der Waals surface area contributed by atoms with Crippen LogP contribution in [-0.2, 0) is 0 Å². The first-order valence-electron chi connectivity index (χ1n) is 11.1. The lowest BCUT2D eigenvalue weighted by molar-refractivity contribution is 1.10. The highest BCUT2D eigenvalue weighted by molar-refractivity contribution is 7.21. The predicted octanol–water partition coefficient (Wildman–Crippen LogP) is 5.18. The summed E-state index contributed by atoms with van der Waals surface area (Å²) in [5.74, 6) is 0. The average Bonchev–Trinajstić information content (AvgIpc) is 3.46. The summed E-state index contributed by atoms with van der Waals surface area (Å²) >= 11 is 1.67. The van der Waals surface area contributed by atoms with Gasteiger partial charge in [0, 0.05) is 17.5 Å². The summed E-state index contributed by atoms with van der Waals surface area (Å²) in [4.78, 5) is 22.7. The number of anilines is 1. The first kappa shape index (κ1) is 21.0. The Hall–Kier alpha value is -4.54. The van der Waals surface area contributed by atoms with Crippen molar-refractivity contribution in [1.82, 2.24) is 14.4 Å². The van der Waals surface area contributed by atoms with Gasteiger partial charge in [0.2, 0.25) is 0 Å². The van der Waals surface area contributed by atoms with E-state index in [-0.39, 0.29) is 5.56 Å². The van der Waals surface area contributed by atoms with Gasteiger partial charge in [0.05, 0.1) is 32.0 Å². The second-order valence-corrected chi connectivity index (χ2v) is 9.48. The third-order valence-electron chi connectivity index (χ3n) is 6.17. The van der Waals surface area contributed by atoms with E-state index in [4.69, 9.17) is 4.98 Å². The Morgan fingerprint density at radius 2 is 1.80 bits per heavy atom. The normalized spacial score (nSPS) is 12.0. The minimum absolute atomic E-state index is 0.209. The molecule has 0 spiro atoms. The number of aryl methyl sites for hydroxylation is 1. The molecular weight excluding hydrogens is 454 g/mol. The summed E-state index contributed by atoms with van der Waals surface area (Å²) < 4.78 is 2.68. The van der Waals surface area contributed by atoms with Gasteiger partial charge in [0.1, 0.15) is 11.1 Å². The van der Waals surface area contributed by atoms with Crippen LogP contribution in [0.1, 0.15) is 16.7 Å². The number of nitrogens with one attached hydrogen (secondary N) is 1. The first-order valence-corrected chi connectivity index (χ1v) is 11.9. The van der Waals surface area contributed by atoms with Crippen molar-refractivity contribution in [1.29, 1.82) is 5.26 Å². The molecule has 0 fully saturated rings. The lowest BCUT2D eigenvalue weighted by Crippen LogP contribution is -2.34. The highest BCUT2D eigenvalue weighted by Crippen LogP contribution is 2.31. The Labute approximate surface area is 204 Å². The molecule has 3 aromatic heterocycles. The van der Waals surface area contributed by atoms with Gasteiger partial charge in [-0.25, -0.2) is 9.97 Å². The molecule has 0 aliphatic carbocycles. The molecule has 6 rings (SSSR count). The van der Waals surface area contributed by atoms with Crippen LogP contribution >= 0.6 is 11.3 Å². The van der Waals surface area contributed by atoms with Gasteiger partial charge in [0.15, 0.2) is 5.65 Å². The maximum Gasteiger partial charge on any atom is 0.265 e. The molecule has 6 aromatic rings. The van der Waals surface area contributed by atoms with Crippen LogP contribution < -0.4 is 16.1 Å². The SMILES string of the molecule is Cc1ccc2sc(-c3ccc(NC=c4c(C)c(C#N)c5nc6ccccc6n5c4=O)cc3)nc2c1. The zero-order chi connectivity index (χ0) is 24.1. The molecule has 0 saturated carbocycles. The Morgan fingerprint density at radius 3 is 2.60 bits per heavy atom. The number of thiazole rings is 1. The Morgan fingerprint density at radius 1 is 1.00 bits per heavy atom. The molecule has 0 aliphatic heterocycles. The van der Waals surface area contributed by atoms with Crippen LogP contribution in [0.25, 0.3) is 43.7 Å². The van der Waals surface area contributed by atoms with Gasteiger partial charge in [-0.2, -0.15) is 5.26 Å². The van der Waals surface area contributed by atoms with Crippen LogP contribution in [0, 0.1) is 25.2 Å². The topological polar surface area (TPSA) is 83.1 Å². The third-order valence-corrected chi connectivity index (χ3v) is 7.25. The van der Waals surface area contributed by atoms with Crippen LogP contribution in [0.15, 0.2) is 71.5 Å². The van der Waals surface area contributed by atoms with Gasteiger partial charge in [-0.3, -0.25) is 9.20 Å². The molecule has 3 heterocycles. The zero-order valence-electron chi connectivity index (χ0n) is 19.0. The van der Waals surface area contributed by atoms with Gasteiger partial charge in [-0.05, 0) is 73.5 Å². The van der Waals surface area contributed by atoms with Crippen LogP contribution in [0.2, 0.25) is 0 Å². The third kappa shape index (κ3) is 3.43. The quantitative estimate of drug-likeness (QED) is 0.383. The van der Waals surface area contributed by atoms with Gasteiger partial charge < -0.3 is 5.32 Å². The first-order chi connectivity index (χ1) is 17.0. The second-order valence-electron chi connectivity index (χ2n) is 8.45. The summed E-state index contributed by atoms with van der Waals surface area (Å²) in [6.07, 6.45) is 1.67. The molecule has 0 radical (unpaired) electrons. The molecule has 6 nitrogen and oxygen atoms in total. The Balaban J connectivity index is 1.39. The van der Waals surface area contributed by atoms with E-state index in [1.807, 2.05) is 48.5 Å². The number of para-hydroxylation sites is 2. The van der Waals surface area contributed by atoms with Gasteiger partial charge in [-0.15, -0.1) is 11.3 Å². The van der Waals surface area contributed by atoms with E-state index in [1.165, 1.54) is 9.96 Å². The molecule has 7 heteroatoms. The fourth-order valence-electron chi connectivity index (χ4n) is 4.31. The van der Waals surface area contributed by atoms with E-state index in [2.05, 4.69) is 41.5 Å². The Bertz CT molecular complexity index is 1930. The molecule has 0 aliphatic rings. The number of imidazole rings is 1. The second kappa shape index (κ2) is 8.05. The van der Waals surface area contributed by atoms with Gasteiger partial charge in [0.25, 0.3) is 5.56 Å². The number of nitrogens with zero attached hydrogens (tertiary/aromatic N) is 4. The molecule has 168 valence electrons. The van der Waals surface area contributed by atoms with Crippen LogP contribution in [0.3, 0.4) is 0 Å². The van der Waals surface area contributed by atoms with Crippen molar-refractivity contribution in [3.63, 3.8) is 0 Å². The van der Waals surface area contributed by atoms with E-state index < -0.39 is 0 Å². The number of hydrogen-bond donors (Lipinski definition) is 1. The zero-order valence-corrected chi connectivity index (χ0v) is 19.9. The lowest BCUT2D eigenvalue weighted by atomic mass is 10.1. The molecule has 1 N–H and O–H groups in total. The van der Waals surface area contributed by atoms with Crippen LogP contribution in [0.5, 0.6) is 0 Å². The minimum atomic E-state index is -0.209. The summed E-state index contributed by atoms with van der Waals surface area (Å²) in [6, 6.07) is 23.9. The fraction of sp³-hybridized carbons (Fsp3) is 0.0714. The molecule has 3 aromatic carbocycles. The number of benzene rings is 3. The van der Waals surface area contributed by atoms with Gasteiger partial charge in [-0.1, -0.05) is 18.2 Å². The number of nitriles is 1. The van der Waals surface area contributed by atoms with Crippen LogP contribution in [-0.4, -0.2) is 14.4 Å². The van der Waals surface area contributed by atoms with Crippen LogP contribution in [0.4, 0.5) is 5.69 Å². The minimum Gasteiger partial charge on any atom is -0.361 e. The van der Waals surface area contributed by atoms with Crippen molar-refractivity contribution in [3.8, 4) is 16.6 Å². The number of pyridine rings is 1. The molecule has 0 bridgehead atoms. The van der Waals surface area contributed by atoms with Crippen molar-refractivity contribution in [2.75, 3.05) is 5.32 Å². The monoisotopic (exact) mass is 473 g/mol. The van der Waals surface area contributed by atoms with E-state index in [9.17, 15) is 10.1 Å². The van der Waals surface area contributed by atoms with Crippen molar-refractivity contribution in [3.05, 3.63) is 99.0 Å². The molecule has 0 amide bonds. The van der Waals surface area contributed by atoms with E-state index in [0.29, 0.717) is 33.0 Å². The molecule has 35 heavy (non-hydrogen) atoms. The van der Waals surface area contributed by atoms with E-state index in [1.54, 1.807) is 24.5 Å². The highest BCUT2D eigenvalue weighted by Gasteiger charge is 2.16. The van der Waals surface area contributed by atoms with Crippen molar-refractivity contribution < 1.29 is 0 Å². The molecule has 0 saturated heterocycles. The van der Waals surface area contributed by atoms with Crippen molar-refractivity contribution in [2.24, 2.45) is 0 Å². The number of hydrogen-bond acceptors (Lipinski definition) is 6. The highest BCUT2D eigenvalue weighted by atomic mass is 32.1. The van der Waals surface area contributed by atoms with Gasteiger partial charge >= 0.3 is 0 Å². The maximum absolute atomic E-state index is 13.4. The summed E-state index contributed by atoms with van der Waals surface area (Å²) in [5.41, 5.74) is 6.63. The summed E-state index contributed by atoms with van der Waals surface area (Å²) in [5, 5.41) is 14.4. The number of aromatic nitrogens is 3. The summed E-state index contributed by atoms with van der Waals surface area (Å²) in [6.45, 7) is 3.85. The van der Waals surface area contributed by atoms with E-state index >= 15 is 0 Å². The number of fused-ring (bicyclic) bond motifs is 4. The number of rotatable bonds is 3. The fourth-order valence-corrected chi connectivity index (χ4v) is 5.26. The predicted molar refractivity (Wildman–Crippen MR) is 142 cm³/mol. The average molecular weight is 474 g/mol. The van der Waals surface area contributed by atoms with Crippen molar-refractivity contribution >= 4 is 50.1 Å².